The van der Waals surface area contributed by atoms with Crippen LogP contribution in [-0.4, -0.2) is 16.3 Å². The Balaban J connectivity index is 1.48. The average Bonchev–Trinajstić information content (AvgIpc) is 2.90. The van der Waals surface area contributed by atoms with Gasteiger partial charge in [-0.3, -0.25) is 4.79 Å². The van der Waals surface area contributed by atoms with Crippen molar-refractivity contribution in [3.05, 3.63) is 62.8 Å². The van der Waals surface area contributed by atoms with Gasteiger partial charge in [0.1, 0.15) is 23.8 Å². The van der Waals surface area contributed by atoms with E-state index in [1.807, 2.05) is 28.8 Å². The van der Waals surface area contributed by atoms with Crippen LogP contribution in [0, 0.1) is 0 Å². The van der Waals surface area contributed by atoms with Crippen molar-refractivity contribution < 1.29 is 14.3 Å². The predicted octanol–water partition coefficient (Wildman–Crippen LogP) is 4.64. The Morgan fingerprint density at radius 3 is 2.73 bits per heavy atom. The average molecular weight is 396 g/mol. The topological polar surface area (TPSA) is 64.6 Å². The number of benzene rings is 1. The molecule has 3 aromatic rings. The van der Waals surface area contributed by atoms with Crippen molar-refractivity contribution in [2.45, 2.75) is 32.4 Å². The lowest BCUT2D eigenvalue weighted by Crippen LogP contribution is -2.09. The molecule has 2 heterocycles. The number of aliphatic hydroxyl groups excluding tert-OH is 1. The van der Waals surface area contributed by atoms with Crippen LogP contribution < -0.4 is 10.2 Å². The summed E-state index contributed by atoms with van der Waals surface area (Å²) in [6.07, 6.45) is 3.87. The molecule has 0 fully saturated rings. The number of aromatic nitrogens is 1. The lowest BCUT2D eigenvalue weighted by Gasteiger charge is -2.08. The van der Waals surface area contributed by atoms with Crippen molar-refractivity contribution in [1.29, 1.82) is 0 Å². The van der Waals surface area contributed by atoms with Crippen molar-refractivity contribution in [2.24, 2.45) is 0 Å². The molecule has 0 saturated heterocycles. The molecule has 0 amide bonds. The summed E-state index contributed by atoms with van der Waals surface area (Å²) in [7, 11) is 0. The molecule has 0 aliphatic carbocycles. The second-order valence-corrected chi connectivity index (χ2v) is 6.65. The van der Waals surface area contributed by atoms with Gasteiger partial charge < -0.3 is 18.8 Å². The maximum Gasteiger partial charge on any atom is 0.227 e. The zero-order chi connectivity index (χ0) is 18.5. The van der Waals surface area contributed by atoms with Gasteiger partial charge in [0.05, 0.1) is 17.1 Å². The van der Waals surface area contributed by atoms with Crippen LogP contribution in [0.3, 0.4) is 0 Å². The van der Waals surface area contributed by atoms with Gasteiger partial charge in [-0.1, -0.05) is 41.4 Å². The third-order valence-corrected chi connectivity index (χ3v) is 5.01. The van der Waals surface area contributed by atoms with Crippen molar-refractivity contribution >= 4 is 34.1 Å². The first-order chi connectivity index (χ1) is 12.6. The fraction of sp³-hybridized carbons (Fsp3) is 0.316. The zero-order valence-corrected chi connectivity index (χ0v) is 15.6. The highest BCUT2D eigenvalue weighted by Gasteiger charge is 2.13. The highest BCUT2D eigenvalue weighted by atomic mass is 35.5. The number of para-hydroxylation sites is 1. The van der Waals surface area contributed by atoms with E-state index in [9.17, 15) is 4.79 Å². The summed E-state index contributed by atoms with van der Waals surface area (Å²) in [5, 5.41) is 11.0. The maximum atomic E-state index is 11.7. The molecular formula is C19H19Cl2NO4. The van der Waals surface area contributed by atoms with E-state index in [1.165, 1.54) is 12.3 Å². The Morgan fingerprint density at radius 1 is 1.15 bits per heavy atom. The van der Waals surface area contributed by atoms with E-state index in [0.29, 0.717) is 16.8 Å². The van der Waals surface area contributed by atoms with E-state index in [2.05, 4.69) is 0 Å². The summed E-state index contributed by atoms with van der Waals surface area (Å²) in [5.41, 5.74) is 0.737. The number of hydrogen-bond donors (Lipinski definition) is 1. The standard InChI is InChI=1S/C19H19Cl2NO4/c20-18-14-6-2-3-7-15(14)22(19(18)21)8-4-1-5-9-25-17-12-26-13(11-23)10-16(17)24/h2-3,6-7,10,12,23H,1,4-5,8-9,11H2. The molecule has 5 nitrogen and oxygen atoms in total. The Labute approximate surface area is 160 Å². The number of rotatable bonds is 8. The summed E-state index contributed by atoms with van der Waals surface area (Å²) in [5.74, 6) is 0.380. The summed E-state index contributed by atoms with van der Waals surface area (Å²) in [6.45, 7) is 0.875. The van der Waals surface area contributed by atoms with Crippen LogP contribution >= 0.6 is 23.2 Å². The number of aryl methyl sites for hydroxylation is 1. The fourth-order valence-corrected chi connectivity index (χ4v) is 3.35. The summed E-state index contributed by atoms with van der Waals surface area (Å²) < 4.78 is 12.5. The molecular weight excluding hydrogens is 377 g/mol. The van der Waals surface area contributed by atoms with Crippen LogP contribution in [0.1, 0.15) is 25.0 Å². The van der Waals surface area contributed by atoms with Crippen LogP contribution in [-0.2, 0) is 13.2 Å². The van der Waals surface area contributed by atoms with E-state index < -0.39 is 0 Å². The van der Waals surface area contributed by atoms with Gasteiger partial charge in [-0.25, -0.2) is 0 Å². The van der Waals surface area contributed by atoms with Crippen LogP contribution in [0.4, 0.5) is 0 Å². The molecule has 0 saturated carbocycles. The van der Waals surface area contributed by atoms with Crippen molar-refractivity contribution in [3.63, 3.8) is 0 Å². The Morgan fingerprint density at radius 2 is 1.96 bits per heavy atom. The van der Waals surface area contributed by atoms with E-state index in [0.717, 1.165) is 36.7 Å². The number of fused-ring (bicyclic) bond motifs is 1. The third-order valence-electron chi connectivity index (χ3n) is 4.14. The molecule has 0 unspecified atom stereocenters. The van der Waals surface area contributed by atoms with Gasteiger partial charge in [-0.2, -0.15) is 0 Å². The monoisotopic (exact) mass is 395 g/mol. The largest absolute Gasteiger partial charge is 0.487 e. The minimum absolute atomic E-state index is 0.161. The first-order valence-corrected chi connectivity index (χ1v) is 9.15. The van der Waals surface area contributed by atoms with Crippen LogP contribution in [0.25, 0.3) is 10.9 Å². The molecule has 138 valence electrons. The molecule has 3 rings (SSSR count). The number of hydrogen-bond acceptors (Lipinski definition) is 4. The zero-order valence-electron chi connectivity index (χ0n) is 14.1. The normalized spacial score (nSPS) is 11.2. The summed E-state index contributed by atoms with van der Waals surface area (Å²) in [4.78, 5) is 11.7. The molecule has 1 N–H and O–H groups in total. The number of aliphatic hydroxyl groups is 1. The number of halogens is 2. The lowest BCUT2D eigenvalue weighted by atomic mass is 10.2. The third kappa shape index (κ3) is 4.06. The predicted molar refractivity (Wildman–Crippen MR) is 102 cm³/mol. The number of nitrogens with zero attached hydrogens (tertiary/aromatic N) is 1. The fourth-order valence-electron chi connectivity index (χ4n) is 2.81. The molecule has 26 heavy (non-hydrogen) atoms. The maximum absolute atomic E-state index is 11.7. The van der Waals surface area contributed by atoms with Gasteiger partial charge in [-0.15, -0.1) is 0 Å². The van der Waals surface area contributed by atoms with Crippen LogP contribution in [0.5, 0.6) is 5.75 Å². The van der Waals surface area contributed by atoms with Gasteiger partial charge in [0, 0.05) is 18.0 Å². The van der Waals surface area contributed by atoms with E-state index in [-0.39, 0.29) is 23.5 Å². The van der Waals surface area contributed by atoms with Gasteiger partial charge in [0.25, 0.3) is 0 Å². The highest BCUT2D eigenvalue weighted by molar-refractivity contribution is 6.45. The first kappa shape index (κ1) is 18.8. The second kappa shape index (κ2) is 8.62. The summed E-state index contributed by atoms with van der Waals surface area (Å²) in [6, 6.07) is 9.11. The molecule has 1 aromatic carbocycles. The van der Waals surface area contributed by atoms with E-state index in [4.69, 9.17) is 37.5 Å². The molecule has 0 atom stereocenters. The lowest BCUT2D eigenvalue weighted by molar-refractivity contribution is 0.236. The molecule has 2 aromatic heterocycles. The molecule has 0 radical (unpaired) electrons. The Hall–Kier alpha value is -1.95. The second-order valence-electron chi connectivity index (χ2n) is 5.92. The summed E-state index contributed by atoms with van der Waals surface area (Å²) >= 11 is 12.6. The minimum Gasteiger partial charge on any atom is -0.487 e. The van der Waals surface area contributed by atoms with E-state index >= 15 is 0 Å². The van der Waals surface area contributed by atoms with Gasteiger partial charge in [-0.05, 0) is 25.3 Å². The van der Waals surface area contributed by atoms with Crippen LogP contribution in [0.2, 0.25) is 10.2 Å². The molecule has 0 spiro atoms. The first-order valence-electron chi connectivity index (χ1n) is 8.39. The van der Waals surface area contributed by atoms with Crippen molar-refractivity contribution in [2.75, 3.05) is 6.61 Å². The van der Waals surface area contributed by atoms with E-state index in [1.54, 1.807) is 0 Å². The molecule has 0 bridgehead atoms. The van der Waals surface area contributed by atoms with Crippen LogP contribution in [0.15, 0.2) is 45.8 Å². The smallest absolute Gasteiger partial charge is 0.227 e. The number of ether oxygens (including phenoxy) is 1. The highest BCUT2D eigenvalue weighted by Crippen LogP contribution is 2.34. The molecule has 0 aliphatic heterocycles. The van der Waals surface area contributed by atoms with Crippen molar-refractivity contribution in [3.8, 4) is 5.75 Å². The Kier molecular flexibility index (Phi) is 6.25. The quantitative estimate of drug-likeness (QED) is 0.564. The van der Waals surface area contributed by atoms with Crippen molar-refractivity contribution in [1.82, 2.24) is 4.57 Å². The number of unbranched alkanes of at least 4 members (excludes halogenated alkanes) is 2. The molecule has 7 heteroatoms. The molecule has 0 aliphatic rings. The van der Waals surface area contributed by atoms with Gasteiger partial charge >= 0.3 is 0 Å². The van der Waals surface area contributed by atoms with Gasteiger partial charge in [0.2, 0.25) is 11.2 Å². The Bertz CT molecular complexity index is 948. The SMILES string of the molecule is O=c1cc(CO)occ1OCCCCCn1c(Cl)c(Cl)c2ccccc21. The minimum atomic E-state index is -0.309. The van der Waals surface area contributed by atoms with Gasteiger partial charge in [0.15, 0.2) is 0 Å².